The Bertz CT molecular complexity index is 592. The van der Waals surface area contributed by atoms with Crippen molar-refractivity contribution >= 4 is 15.9 Å². The molecule has 22 heavy (non-hydrogen) atoms. The Morgan fingerprint density at radius 2 is 1.82 bits per heavy atom. The predicted molar refractivity (Wildman–Crippen MR) is 86.3 cm³/mol. The van der Waals surface area contributed by atoms with Gasteiger partial charge in [-0.1, -0.05) is 26.2 Å². The maximum atomic E-state index is 12.0. The Kier molecular flexibility index (Phi) is 5.97. The van der Waals surface area contributed by atoms with Gasteiger partial charge in [-0.05, 0) is 43.5 Å². The van der Waals surface area contributed by atoms with Gasteiger partial charge in [0.25, 0.3) is 5.91 Å². The molecule has 1 saturated carbocycles. The van der Waals surface area contributed by atoms with E-state index in [1.807, 2.05) is 0 Å². The van der Waals surface area contributed by atoms with Crippen molar-refractivity contribution in [1.82, 2.24) is 10.0 Å². The van der Waals surface area contributed by atoms with Crippen molar-refractivity contribution < 1.29 is 13.2 Å². The van der Waals surface area contributed by atoms with Crippen LogP contribution in [0.1, 0.15) is 55.8 Å². The topological polar surface area (TPSA) is 75.3 Å². The van der Waals surface area contributed by atoms with Gasteiger partial charge in [0, 0.05) is 18.2 Å². The number of sulfonamides is 1. The summed E-state index contributed by atoms with van der Waals surface area (Å²) < 4.78 is 26.7. The average molecular weight is 324 g/mol. The van der Waals surface area contributed by atoms with Crippen molar-refractivity contribution in [1.29, 1.82) is 0 Å². The lowest BCUT2D eigenvalue weighted by atomic mass is 10.2. The molecule has 0 spiro atoms. The number of carbonyl (C=O) groups is 1. The van der Waals surface area contributed by atoms with Crippen LogP contribution in [0.15, 0.2) is 29.2 Å². The summed E-state index contributed by atoms with van der Waals surface area (Å²) in [4.78, 5) is 12.2. The zero-order valence-electron chi connectivity index (χ0n) is 13.0. The first-order valence-corrected chi connectivity index (χ1v) is 9.42. The number of nitrogens with one attached hydrogen (secondary N) is 2. The largest absolute Gasteiger partial charge is 0.352 e. The maximum absolute atomic E-state index is 12.0. The van der Waals surface area contributed by atoms with Crippen LogP contribution < -0.4 is 10.0 Å². The van der Waals surface area contributed by atoms with E-state index in [2.05, 4.69) is 17.0 Å². The van der Waals surface area contributed by atoms with Gasteiger partial charge in [-0.3, -0.25) is 4.79 Å². The van der Waals surface area contributed by atoms with Crippen LogP contribution in [0.2, 0.25) is 0 Å². The number of carbonyl (C=O) groups excluding carboxylic acids is 1. The van der Waals surface area contributed by atoms with Crippen LogP contribution in [0.3, 0.4) is 0 Å². The molecule has 2 rings (SSSR count). The highest BCUT2D eigenvalue weighted by molar-refractivity contribution is 7.89. The SMILES string of the molecule is CCCCCCNC(=O)c1ccc(S(=O)(=O)NC2CC2)cc1. The fraction of sp³-hybridized carbons (Fsp3) is 0.562. The summed E-state index contributed by atoms with van der Waals surface area (Å²) in [5.41, 5.74) is 0.487. The Hall–Kier alpha value is -1.40. The molecule has 0 atom stereocenters. The Balaban J connectivity index is 1.86. The van der Waals surface area contributed by atoms with Crippen molar-refractivity contribution in [3.8, 4) is 0 Å². The molecule has 0 bridgehead atoms. The van der Waals surface area contributed by atoms with Gasteiger partial charge in [0.05, 0.1) is 4.90 Å². The minimum atomic E-state index is -3.45. The summed E-state index contributed by atoms with van der Waals surface area (Å²) in [6, 6.07) is 6.16. The molecule has 0 unspecified atom stereocenters. The summed E-state index contributed by atoms with van der Waals surface area (Å²) in [7, 11) is -3.45. The lowest BCUT2D eigenvalue weighted by molar-refractivity contribution is 0.0953. The first-order chi connectivity index (χ1) is 10.5. The number of hydrogen-bond donors (Lipinski definition) is 2. The van der Waals surface area contributed by atoms with Crippen LogP contribution in [0.4, 0.5) is 0 Å². The minimum Gasteiger partial charge on any atom is -0.352 e. The smallest absolute Gasteiger partial charge is 0.251 e. The predicted octanol–water partition coefficient (Wildman–Crippen LogP) is 2.44. The molecule has 0 radical (unpaired) electrons. The molecule has 1 aliphatic carbocycles. The van der Waals surface area contributed by atoms with Gasteiger partial charge in [0.15, 0.2) is 0 Å². The average Bonchev–Trinajstić information content (AvgIpc) is 3.30. The molecule has 1 fully saturated rings. The van der Waals surface area contributed by atoms with Crippen LogP contribution >= 0.6 is 0 Å². The minimum absolute atomic E-state index is 0.0797. The molecule has 1 aliphatic rings. The highest BCUT2D eigenvalue weighted by Gasteiger charge is 2.27. The second-order valence-electron chi connectivity index (χ2n) is 5.74. The van der Waals surface area contributed by atoms with Crippen molar-refractivity contribution in [3.05, 3.63) is 29.8 Å². The van der Waals surface area contributed by atoms with Gasteiger partial charge in [0.2, 0.25) is 10.0 Å². The van der Waals surface area contributed by atoms with E-state index in [0.717, 1.165) is 25.7 Å². The lowest BCUT2D eigenvalue weighted by Crippen LogP contribution is -2.26. The quantitative estimate of drug-likeness (QED) is 0.685. The second-order valence-corrected chi connectivity index (χ2v) is 7.45. The van der Waals surface area contributed by atoms with Crippen molar-refractivity contribution in [2.24, 2.45) is 0 Å². The van der Waals surface area contributed by atoms with Crippen LogP contribution in [0.25, 0.3) is 0 Å². The highest BCUT2D eigenvalue weighted by atomic mass is 32.2. The van der Waals surface area contributed by atoms with Gasteiger partial charge < -0.3 is 5.32 Å². The molecule has 0 aliphatic heterocycles. The van der Waals surface area contributed by atoms with Crippen molar-refractivity contribution in [2.75, 3.05) is 6.54 Å². The molecular formula is C16H24N2O3S. The van der Waals surface area contributed by atoms with Gasteiger partial charge in [-0.2, -0.15) is 0 Å². The fourth-order valence-electron chi connectivity index (χ4n) is 2.13. The molecule has 5 nitrogen and oxygen atoms in total. The van der Waals surface area contributed by atoms with Crippen molar-refractivity contribution in [3.63, 3.8) is 0 Å². The van der Waals surface area contributed by atoms with Gasteiger partial charge in [0.1, 0.15) is 0 Å². The number of benzene rings is 1. The number of unbranched alkanes of at least 4 members (excludes halogenated alkanes) is 3. The van der Waals surface area contributed by atoms with E-state index in [1.54, 1.807) is 12.1 Å². The third kappa shape index (κ3) is 5.10. The molecule has 1 amide bonds. The Morgan fingerprint density at radius 3 is 2.41 bits per heavy atom. The van der Waals surface area contributed by atoms with E-state index in [-0.39, 0.29) is 16.8 Å². The summed E-state index contributed by atoms with van der Waals surface area (Å²) in [5.74, 6) is -0.157. The van der Waals surface area contributed by atoms with Crippen molar-refractivity contribution in [2.45, 2.75) is 56.4 Å². The molecule has 122 valence electrons. The molecule has 0 aromatic heterocycles. The van der Waals surface area contributed by atoms with Gasteiger partial charge in [-0.15, -0.1) is 0 Å². The van der Waals surface area contributed by atoms with E-state index in [1.165, 1.54) is 25.0 Å². The van der Waals surface area contributed by atoms with E-state index in [9.17, 15) is 13.2 Å². The maximum Gasteiger partial charge on any atom is 0.251 e. The summed E-state index contributed by atoms with van der Waals surface area (Å²) >= 11 is 0. The molecule has 1 aromatic rings. The summed E-state index contributed by atoms with van der Waals surface area (Å²) in [5, 5.41) is 2.85. The van der Waals surface area contributed by atoms with E-state index < -0.39 is 10.0 Å². The first-order valence-electron chi connectivity index (χ1n) is 7.93. The zero-order chi connectivity index (χ0) is 16.0. The van der Waals surface area contributed by atoms with Gasteiger partial charge in [-0.25, -0.2) is 13.1 Å². The highest BCUT2D eigenvalue weighted by Crippen LogP contribution is 2.22. The van der Waals surface area contributed by atoms with E-state index in [0.29, 0.717) is 12.1 Å². The van der Waals surface area contributed by atoms with E-state index >= 15 is 0 Å². The lowest BCUT2D eigenvalue weighted by Gasteiger charge is -2.07. The third-order valence-corrected chi connectivity index (χ3v) is 5.18. The monoisotopic (exact) mass is 324 g/mol. The molecule has 0 heterocycles. The third-order valence-electron chi connectivity index (χ3n) is 3.64. The number of hydrogen-bond acceptors (Lipinski definition) is 3. The van der Waals surface area contributed by atoms with E-state index in [4.69, 9.17) is 0 Å². The first kappa shape index (κ1) is 17.0. The summed E-state index contributed by atoms with van der Waals surface area (Å²) in [6.07, 6.45) is 6.23. The van der Waals surface area contributed by atoms with Crippen LogP contribution in [-0.4, -0.2) is 26.9 Å². The number of rotatable bonds is 9. The Morgan fingerprint density at radius 1 is 1.14 bits per heavy atom. The molecule has 6 heteroatoms. The zero-order valence-corrected chi connectivity index (χ0v) is 13.8. The second kappa shape index (κ2) is 7.74. The molecule has 0 saturated heterocycles. The van der Waals surface area contributed by atoms with Crippen LogP contribution in [0, 0.1) is 0 Å². The van der Waals surface area contributed by atoms with Crippen LogP contribution in [0.5, 0.6) is 0 Å². The Labute approximate surface area is 132 Å². The van der Waals surface area contributed by atoms with Gasteiger partial charge >= 0.3 is 0 Å². The van der Waals surface area contributed by atoms with Crippen LogP contribution in [-0.2, 0) is 10.0 Å². The molecule has 1 aromatic carbocycles. The molecular weight excluding hydrogens is 300 g/mol. The number of amides is 1. The normalized spacial score (nSPS) is 14.8. The summed E-state index contributed by atoms with van der Waals surface area (Å²) in [6.45, 7) is 2.80. The standard InChI is InChI=1S/C16H24N2O3S/c1-2-3-4-5-12-17-16(19)13-6-10-15(11-7-13)22(20,21)18-14-8-9-14/h6-7,10-11,14,18H,2-5,8-9,12H2,1H3,(H,17,19). The fourth-order valence-corrected chi connectivity index (χ4v) is 3.43. The molecule has 2 N–H and O–H groups in total.